The third-order valence-electron chi connectivity index (χ3n) is 5.19. The second-order valence-corrected chi connectivity index (χ2v) is 10.2. The lowest BCUT2D eigenvalue weighted by Gasteiger charge is -2.39. The molecule has 2 unspecified atom stereocenters. The Balaban J connectivity index is 1.64. The van der Waals surface area contributed by atoms with Gasteiger partial charge >= 0.3 is 6.09 Å². The Labute approximate surface area is 162 Å². The molecule has 0 spiro atoms. The summed E-state index contributed by atoms with van der Waals surface area (Å²) in [5, 5.41) is 0. The molecule has 4 rings (SSSR count). The van der Waals surface area contributed by atoms with E-state index in [4.69, 9.17) is 4.74 Å². The molecule has 3 aliphatic heterocycles. The number of benzene rings is 1. The van der Waals surface area contributed by atoms with Gasteiger partial charge in [-0.15, -0.1) is 11.8 Å². The molecule has 0 aromatic heterocycles. The number of rotatable bonds is 0. The third-order valence-corrected chi connectivity index (χ3v) is 6.76. The number of carbonyl (C=O) groups is 1. The number of nitrogens with zero attached hydrogens (tertiary/aromatic N) is 2. The minimum atomic E-state index is -0.443. The summed E-state index contributed by atoms with van der Waals surface area (Å²) in [5.74, 6) is 1.56. The van der Waals surface area contributed by atoms with Gasteiger partial charge in [0.15, 0.2) is 0 Å². The van der Waals surface area contributed by atoms with E-state index in [2.05, 4.69) is 33.0 Å². The monoisotopic (exact) mass is 424 g/mol. The van der Waals surface area contributed by atoms with Crippen molar-refractivity contribution < 1.29 is 9.53 Å². The molecule has 1 saturated heterocycles. The molecule has 4 nitrogen and oxygen atoms in total. The van der Waals surface area contributed by atoms with Gasteiger partial charge in [-0.25, -0.2) is 4.79 Å². The van der Waals surface area contributed by atoms with Crippen LogP contribution in [0.3, 0.4) is 0 Å². The number of anilines is 1. The Kier molecular flexibility index (Phi) is 4.47. The molecule has 0 aliphatic carbocycles. The molecule has 136 valence electrons. The fourth-order valence-corrected chi connectivity index (χ4v) is 5.97. The van der Waals surface area contributed by atoms with Crippen LogP contribution in [0, 0.1) is 0 Å². The number of halogens is 1. The number of likely N-dealkylation sites (tertiary alicyclic amines) is 1. The first-order valence-electron chi connectivity index (χ1n) is 9.04. The van der Waals surface area contributed by atoms with E-state index in [0.29, 0.717) is 12.0 Å². The Hall–Kier alpha value is -0.880. The number of thioether (sulfide) groups is 1. The van der Waals surface area contributed by atoms with E-state index in [9.17, 15) is 4.79 Å². The zero-order valence-electron chi connectivity index (χ0n) is 15.0. The lowest BCUT2D eigenvalue weighted by Crippen LogP contribution is -2.49. The van der Waals surface area contributed by atoms with Crippen LogP contribution in [0.2, 0.25) is 0 Å². The van der Waals surface area contributed by atoms with Gasteiger partial charge in [0.2, 0.25) is 0 Å². The van der Waals surface area contributed by atoms with Crippen LogP contribution in [0.25, 0.3) is 0 Å². The Bertz CT molecular complexity index is 703. The molecular formula is C19H25BrN2O2S. The van der Waals surface area contributed by atoms with Crippen molar-refractivity contribution in [1.82, 2.24) is 4.90 Å². The number of fused-ring (bicyclic) bond motifs is 3. The third kappa shape index (κ3) is 3.27. The molecular weight excluding hydrogens is 400 g/mol. The highest BCUT2D eigenvalue weighted by Crippen LogP contribution is 2.51. The van der Waals surface area contributed by atoms with E-state index in [1.807, 2.05) is 37.4 Å². The van der Waals surface area contributed by atoms with Crippen LogP contribution >= 0.6 is 27.7 Å². The Morgan fingerprint density at radius 1 is 1.32 bits per heavy atom. The zero-order chi connectivity index (χ0) is 17.8. The lowest BCUT2D eigenvalue weighted by atomic mass is 9.89. The van der Waals surface area contributed by atoms with Crippen molar-refractivity contribution in [3.05, 3.63) is 22.2 Å². The van der Waals surface area contributed by atoms with E-state index >= 15 is 0 Å². The first-order valence-corrected chi connectivity index (χ1v) is 10.8. The normalized spacial score (nSPS) is 25.3. The summed E-state index contributed by atoms with van der Waals surface area (Å²) in [6, 6.07) is 5.03. The van der Waals surface area contributed by atoms with Crippen LogP contribution in [0.5, 0.6) is 0 Å². The molecule has 1 fully saturated rings. The van der Waals surface area contributed by atoms with E-state index in [-0.39, 0.29) is 6.09 Å². The fraction of sp³-hybridized carbons (Fsp3) is 0.632. The van der Waals surface area contributed by atoms with Gasteiger partial charge in [-0.1, -0.05) is 15.9 Å². The number of hydrogen-bond donors (Lipinski definition) is 0. The number of amides is 1. The van der Waals surface area contributed by atoms with Crippen LogP contribution in [0.1, 0.15) is 45.1 Å². The molecule has 25 heavy (non-hydrogen) atoms. The first kappa shape index (κ1) is 17.5. The minimum Gasteiger partial charge on any atom is -0.444 e. The number of hydrogen-bond acceptors (Lipinski definition) is 4. The molecule has 0 saturated carbocycles. The van der Waals surface area contributed by atoms with Crippen molar-refractivity contribution in [2.24, 2.45) is 0 Å². The molecule has 0 radical (unpaired) electrons. The average Bonchev–Trinajstić information content (AvgIpc) is 2.68. The van der Waals surface area contributed by atoms with Gasteiger partial charge < -0.3 is 14.5 Å². The number of carbonyl (C=O) groups excluding carboxylic acids is 1. The average molecular weight is 425 g/mol. The first-order chi connectivity index (χ1) is 11.8. The summed E-state index contributed by atoms with van der Waals surface area (Å²) in [5.41, 5.74) is 2.38. The second kappa shape index (κ2) is 6.38. The highest BCUT2D eigenvalue weighted by molar-refractivity contribution is 9.10. The van der Waals surface area contributed by atoms with Gasteiger partial charge in [-0.3, -0.25) is 0 Å². The van der Waals surface area contributed by atoms with E-state index in [1.54, 1.807) is 0 Å². The molecule has 3 heterocycles. The standard InChI is InChI=1S/C19H25BrN2O2S/c1-19(2,3)24-18(23)21-7-5-15-14(11-21)13-9-12(20)10-16-17(13)22(15)6-4-8-25-16/h9-10,14-15H,4-8,11H2,1-3H3. The molecule has 3 aliphatic rings. The van der Waals surface area contributed by atoms with Crippen molar-refractivity contribution in [2.45, 2.75) is 56.1 Å². The molecule has 6 heteroatoms. The lowest BCUT2D eigenvalue weighted by molar-refractivity contribution is 0.0189. The number of piperidine rings is 1. The van der Waals surface area contributed by atoms with E-state index in [1.165, 1.54) is 28.3 Å². The van der Waals surface area contributed by atoms with Crippen LogP contribution < -0.4 is 4.90 Å². The van der Waals surface area contributed by atoms with Gasteiger partial charge in [-0.2, -0.15) is 0 Å². The largest absolute Gasteiger partial charge is 0.444 e. The fourth-order valence-electron chi connectivity index (χ4n) is 4.27. The van der Waals surface area contributed by atoms with Crippen molar-refractivity contribution in [3.8, 4) is 0 Å². The van der Waals surface area contributed by atoms with E-state index in [0.717, 1.165) is 30.5 Å². The minimum absolute atomic E-state index is 0.178. The van der Waals surface area contributed by atoms with Crippen LogP contribution in [-0.4, -0.2) is 48.0 Å². The summed E-state index contributed by atoms with van der Waals surface area (Å²) in [6.45, 7) is 8.45. The quantitative estimate of drug-likeness (QED) is 0.595. The van der Waals surface area contributed by atoms with Crippen molar-refractivity contribution >= 4 is 39.5 Å². The molecule has 1 aromatic rings. The highest BCUT2D eigenvalue weighted by atomic mass is 79.9. The Morgan fingerprint density at radius 3 is 2.88 bits per heavy atom. The summed E-state index contributed by atoms with van der Waals surface area (Å²) in [7, 11) is 0. The van der Waals surface area contributed by atoms with Crippen LogP contribution in [-0.2, 0) is 4.74 Å². The second-order valence-electron chi connectivity index (χ2n) is 8.13. The molecule has 0 N–H and O–H groups in total. The smallest absolute Gasteiger partial charge is 0.410 e. The summed E-state index contributed by atoms with van der Waals surface area (Å²) >= 11 is 5.65. The van der Waals surface area contributed by atoms with Gasteiger partial charge in [0.05, 0.1) is 5.69 Å². The summed E-state index contributed by atoms with van der Waals surface area (Å²) in [6.07, 6.45) is 2.05. The highest BCUT2D eigenvalue weighted by Gasteiger charge is 2.45. The maximum Gasteiger partial charge on any atom is 0.410 e. The molecule has 1 amide bonds. The molecule has 1 aromatic carbocycles. The van der Waals surface area contributed by atoms with Gasteiger partial charge in [0, 0.05) is 41.0 Å². The van der Waals surface area contributed by atoms with Crippen molar-refractivity contribution in [2.75, 3.05) is 30.3 Å². The Morgan fingerprint density at radius 2 is 2.12 bits per heavy atom. The van der Waals surface area contributed by atoms with Crippen molar-refractivity contribution in [1.29, 1.82) is 0 Å². The van der Waals surface area contributed by atoms with Gasteiger partial charge in [-0.05, 0) is 57.1 Å². The zero-order valence-corrected chi connectivity index (χ0v) is 17.5. The molecule has 2 atom stereocenters. The van der Waals surface area contributed by atoms with E-state index < -0.39 is 5.60 Å². The van der Waals surface area contributed by atoms with Crippen LogP contribution in [0.15, 0.2) is 21.5 Å². The summed E-state index contributed by atoms with van der Waals surface area (Å²) < 4.78 is 6.75. The van der Waals surface area contributed by atoms with Gasteiger partial charge in [0.25, 0.3) is 0 Å². The van der Waals surface area contributed by atoms with Gasteiger partial charge in [0.1, 0.15) is 5.60 Å². The summed E-state index contributed by atoms with van der Waals surface area (Å²) in [4.78, 5) is 18.5. The predicted molar refractivity (Wildman–Crippen MR) is 106 cm³/mol. The maximum atomic E-state index is 12.5. The van der Waals surface area contributed by atoms with Crippen molar-refractivity contribution in [3.63, 3.8) is 0 Å². The predicted octanol–water partition coefficient (Wildman–Crippen LogP) is 4.86. The van der Waals surface area contributed by atoms with Crippen LogP contribution in [0.4, 0.5) is 10.5 Å². The SMILES string of the molecule is CC(C)(C)OC(=O)N1CCC2C(C1)c1cc(Br)cc3c1N2CCCS3. The topological polar surface area (TPSA) is 32.8 Å². The number of ether oxygens (including phenoxy) is 1. The maximum absolute atomic E-state index is 12.5. The molecule has 0 bridgehead atoms.